The Balaban J connectivity index is 1.85. The molecule has 1 N–H and O–H groups in total. The summed E-state index contributed by atoms with van der Waals surface area (Å²) in [6, 6.07) is 18.9. The van der Waals surface area contributed by atoms with Gasteiger partial charge in [-0.25, -0.2) is 9.89 Å². The van der Waals surface area contributed by atoms with Crippen LogP contribution in [0, 0.1) is 0 Å². The number of aromatic nitrogens is 2. The normalized spacial score (nSPS) is 14.6. The first kappa shape index (κ1) is 18.2. The van der Waals surface area contributed by atoms with Crippen molar-refractivity contribution < 1.29 is 9.53 Å². The third-order valence-electron chi connectivity index (χ3n) is 5.12. The fourth-order valence-electron chi connectivity index (χ4n) is 3.73. The second-order valence-electron chi connectivity index (χ2n) is 7.05. The van der Waals surface area contributed by atoms with Gasteiger partial charge in [0.05, 0.1) is 5.69 Å². The molecule has 142 valence electrons. The highest BCUT2D eigenvalue weighted by atomic mass is 16.5. The molecule has 0 unspecified atom stereocenters. The van der Waals surface area contributed by atoms with Gasteiger partial charge in [-0.2, -0.15) is 5.10 Å². The Kier molecular flexibility index (Phi) is 5.33. The molecule has 1 fully saturated rings. The van der Waals surface area contributed by atoms with Gasteiger partial charge in [0, 0.05) is 11.1 Å². The van der Waals surface area contributed by atoms with Crippen molar-refractivity contribution in [3.05, 3.63) is 76.6 Å². The van der Waals surface area contributed by atoms with Crippen LogP contribution in [0.4, 0.5) is 0 Å². The molecular weight excluding hydrogens is 352 g/mol. The van der Waals surface area contributed by atoms with E-state index in [1.54, 1.807) is 0 Å². The Labute approximate surface area is 163 Å². The van der Waals surface area contributed by atoms with E-state index in [1.807, 2.05) is 60.7 Å². The number of benzene rings is 2. The molecule has 28 heavy (non-hydrogen) atoms. The van der Waals surface area contributed by atoms with Crippen molar-refractivity contribution in [2.24, 2.45) is 0 Å². The van der Waals surface area contributed by atoms with Gasteiger partial charge in [-0.15, -0.1) is 0 Å². The summed E-state index contributed by atoms with van der Waals surface area (Å²) < 4.78 is 5.72. The molecule has 0 aliphatic heterocycles. The van der Waals surface area contributed by atoms with Crippen molar-refractivity contribution in [2.45, 2.75) is 38.2 Å². The zero-order valence-electron chi connectivity index (χ0n) is 15.6. The average molecular weight is 374 g/mol. The van der Waals surface area contributed by atoms with E-state index in [0.717, 1.165) is 43.2 Å². The minimum absolute atomic E-state index is 0.0191. The highest BCUT2D eigenvalue weighted by Gasteiger charge is 2.26. The highest BCUT2D eigenvalue weighted by Crippen LogP contribution is 2.32. The number of H-pyrrole nitrogens is 1. The number of hydrogen-bond donors (Lipinski definition) is 1. The Morgan fingerprint density at radius 2 is 1.50 bits per heavy atom. The first-order chi connectivity index (χ1) is 13.7. The lowest BCUT2D eigenvalue weighted by molar-refractivity contribution is 0.0210. The number of hydrogen-bond acceptors (Lipinski definition) is 4. The summed E-state index contributed by atoms with van der Waals surface area (Å²) >= 11 is 0. The summed E-state index contributed by atoms with van der Waals surface area (Å²) in [5.41, 5.74) is 2.14. The third kappa shape index (κ3) is 3.74. The monoisotopic (exact) mass is 374 g/mol. The van der Waals surface area contributed by atoms with Crippen LogP contribution < -0.4 is 5.56 Å². The van der Waals surface area contributed by atoms with Crippen molar-refractivity contribution in [3.63, 3.8) is 0 Å². The van der Waals surface area contributed by atoms with Gasteiger partial charge in [-0.3, -0.25) is 4.79 Å². The van der Waals surface area contributed by atoms with Gasteiger partial charge in [-0.05, 0) is 31.2 Å². The first-order valence-corrected chi connectivity index (χ1v) is 9.68. The molecule has 5 heteroatoms. The molecule has 1 aliphatic rings. The molecule has 0 atom stereocenters. The van der Waals surface area contributed by atoms with E-state index in [1.165, 1.54) is 0 Å². The summed E-state index contributed by atoms with van der Waals surface area (Å²) in [5.74, 6) is -0.577. The van der Waals surface area contributed by atoms with Crippen LogP contribution in [-0.4, -0.2) is 22.3 Å². The predicted octanol–water partition coefficient (Wildman–Crippen LogP) is 4.59. The maximum atomic E-state index is 13.0. The largest absolute Gasteiger partial charge is 0.459 e. The average Bonchev–Trinajstić information content (AvgIpc) is 2.75. The summed E-state index contributed by atoms with van der Waals surface area (Å²) in [6.45, 7) is 0. The van der Waals surface area contributed by atoms with Gasteiger partial charge < -0.3 is 4.74 Å². The van der Waals surface area contributed by atoms with Crippen molar-refractivity contribution in [1.82, 2.24) is 10.2 Å². The van der Waals surface area contributed by atoms with Crippen LogP contribution in [0.5, 0.6) is 0 Å². The van der Waals surface area contributed by atoms with Crippen molar-refractivity contribution in [2.75, 3.05) is 0 Å². The summed E-state index contributed by atoms with van der Waals surface area (Å²) in [5, 5.41) is 6.76. The third-order valence-corrected chi connectivity index (χ3v) is 5.12. The fraction of sp³-hybridized carbons (Fsp3) is 0.261. The quantitative estimate of drug-likeness (QED) is 0.678. The topological polar surface area (TPSA) is 72.0 Å². The van der Waals surface area contributed by atoms with E-state index in [-0.39, 0.29) is 11.7 Å². The lowest BCUT2D eigenvalue weighted by Crippen LogP contribution is -2.27. The Morgan fingerprint density at radius 1 is 0.893 bits per heavy atom. The van der Waals surface area contributed by atoms with Gasteiger partial charge in [-0.1, -0.05) is 67.1 Å². The molecule has 1 aromatic heterocycles. The van der Waals surface area contributed by atoms with Crippen LogP contribution in [0.25, 0.3) is 22.4 Å². The molecule has 1 heterocycles. The van der Waals surface area contributed by atoms with E-state index in [9.17, 15) is 9.59 Å². The Morgan fingerprint density at radius 3 is 2.14 bits per heavy atom. The minimum Gasteiger partial charge on any atom is -0.459 e. The van der Waals surface area contributed by atoms with E-state index < -0.39 is 11.5 Å². The second-order valence-corrected chi connectivity index (χ2v) is 7.05. The maximum Gasteiger partial charge on any atom is 0.344 e. The van der Waals surface area contributed by atoms with Gasteiger partial charge >= 0.3 is 5.97 Å². The van der Waals surface area contributed by atoms with Crippen LogP contribution in [0.1, 0.15) is 42.5 Å². The summed E-state index contributed by atoms with van der Waals surface area (Å²) in [4.78, 5) is 25.7. The molecule has 5 nitrogen and oxygen atoms in total. The summed E-state index contributed by atoms with van der Waals surface area (Å²) in [6.07, 6.45) is 4.83. The van der Waals surface area contributed by atoms with E-state index in [2.05, 4.69) is 10.2 Å². The Hall–Kier alpha value is -3.21. The van der Waals surface area contributed by atoms with E-state index in [4.69, 9.17) is 4.74 Å². The zero-order chi connectivity index (χ0) is 19.3. The molecule has 0 bridgehead atoms. The molecule has 4 rings (SSSR count). The smallest absolute Gasteiger partial charge is 0.344 e. The Bertz CT molecular complexity index is 1010. The van der Waals surface area contributed by atoms with Crippen LogP contribution >= 0.6 is 0 Å². The van der Waals surface area contributed by atoms with Crippen LogP contribution in [0.3, 0.4) is 0 Å². The number of esters is 1. The van der Waals surface area contributed by atoms with Crippen LogP contribution in [0.2, 0.25) is 0 Å². The molecule has 1 aliphatic carbocycles. The number of rotatable bonds is 4. The number of aromatic amines is 1. The lowest BCUT2D eigenvalue weighted by atomic mass is 9.95. The molecule has 0 radical (unpaired) electrons. The van der Waals surface area contributed by atoms with Gasteiger partial charge in [0.15, 0.2) is 0 Å². The van der Waals surface area contributed by atoms with Crippen molar-refractivity contribution >= 4 is 5.97 Å². The number of ether oxygens (including phenoxy) is 1. The maximum absolute atomic E-state index is 13.0. The molecule has 2 aromatic carbocycles. The predicted molar refractivity (Wildman–Crippen MR) is 108 cm³/mol. The number of nitrogens with zero attached hydrogens (tertiary/aromatic N) is 1. The fourth-order valence-corrected chi connectivity index (χ4v) is 3.73. The molecule has 1 saturated carbocycles. The molecular formula is C23H22N2O3. The molecule has 3 aromatic rings. The van der Waals surface area contributed by atoms with E-state index >= 15 is 0 Å². The standard InChI is InChI=1S/C23H22N2O3/c26-22-20(23(27)28-18-14-8-3-9-15-18)19(16-10-4-1-5-11-16)21(24-25-22)17-12-6-2-7-13-17/h1-2,4-7,10-13,18H,3,8-9,14-15H2,(H,25,26). The number of carbonyl (C=O) groups excluding carboxylic acids is 1. The number of carbonyl (C=O) groups is 1. The minimum atomic E-state index is -0.577. The van der Waals surface area contributed by atoms with Crippen molar-refractivity contribution in [1.29, 1.82) is 0 Å². The highest BCUT2D eigenvalue weighted by molar-refractivity contribution is 6.00. The summed E-state index contributed by atoms with van der Waals surface area (Å²) in [7, 11) is 0. The van der Waals surface area contributed by atoms with Crippen LogP contribution in [-0.2, 0) is 4.74 Å². The number of nitrogens with one attached hydrogen (secondary N) is 1. The second kappa shape index (κ2) is 8.21. The van der Waals surface area contributed by atoms with Crippen molar-refractivity contribution in [3.8, 4) is 22.4 Å². The van der Waals surface area contributed by atoms with Gasteiger partial charge in [0.2, 0.25) is 0 Å². The molecule has 0 spiro atoms. The van der Waals surface area contributed by atoms with E-state index in [0.29, 0.717) is 11.3 Å². The van der Waals surface area contributed by atoms with Gasteiger partial charge in [0.25, 0.3) is 5.56 Å². The first-order valence-electron chi connectivity index (χ1n) is 9.68. The lowest BCUT2D eigenvalue weighted by Gasteiger charge is -2.22. The molecule has 0 amide bonds. The van der Waals surface area contributed by atoms with Crippen LogP contribution in [0.15, 0.2) is 65.5 Å². The SMILES string of the molecule is O=C(OC1CCCCC1)c1c(-c2ccccc2)c(-c2ccccc2)n[nH]c1=O. The zero-order valence-corrected chi connectivity index (χ0v) is 15.6. The molecule has 0 saturated heterocycles. The van der Waals surface area contributed by atoms with Gasteiger partial charge in [0.1, 0.15) is 11.7 Å².